The normalized spacial score (nSPS) is 43.9. The molecular weight excluding hydrogens is 192 g/mol. The zero-order chi connectivity index (χ0) is 10.7. The van der Waals surface area contributed by atoms with Crippen LogP contribution < -0.4 is 0 Å². The Morgan fingerprint density at radius 3 is 2.21 bits per heavy atom. The Hall–Kier alpha value is -0.240. The van der Waals surface area contributed by atoms with E-state index < -0.39 is 30.7 Å². The molecule has 1 rings (SSSR count). The van der Waals surface area contributed by atoms with E-state index >= 15 is 0 Å². The van der Waals surface area contributed by atoms with Crippen molar-refractivity contribution in [2.45, 2.75) is 30.7 Å². The van der Waals surface area contributed by atoms with Crippen LogP contribution in [0.2, 0.25) is 0 Å². The maximum absolute atomic E-state index is 9.48. The molecule has 0 unspecified atom stereocenters. The molecule has 0 aromatic rings. The highest BCUT2D eigenvalue weighted by atomic mass is 16.7. The van der Waals surface area contributed by atoms with Crippen LogP contribution in [0.3, 0.4) is 0 Å². The fourth-order valence-electron chi connectivity index (χ4n) is 1.41. The lowest BCUT2D eigenvalue weighted by Gasteiger charge is -2.39. The van der Waals surface area contributed by atoms with Crippen molar-refractivity contribution >= 4 is 0 Å². The second kappa shape index (κ2) is 5.01. The molecule has 0 aliphatic carbocycles. The minimum Gasteiger partial charge on any atom is -0.387 e. The van der Waals surface area contributed by atoms with Crippen molar-refractivity contribution in [2.75, 3.05) is 20.8 Å². The second-order valence-electron chi connectivity index (χ2n) is 3.21. The van der Waals surface area contributed by atoms with Crippen LogP contribution in [0.4, 0.5) is 0 Å². The lowest BCUT2D eigenvalue weighted by atomic mass is 9.99. The van der Waals surface area contributed by atoms with E-state index in [0.29, 0.717) is 0 Å². The van der Waals surface area contributed by atoms with Crippen molar-refractivity contribution in [1.29, 1.82) is 0 Å². The van der Waals surface area contributed by atoms with Crippen molar-refractivity contribution in [1.82, 2.24) is 0 Å². The van der Waals surface area contributed by atoms with Gasteiger partial charge in [0.1, 0.15) is 24.4 Å². The lowest BCUT2D eigenvalue weighted by molar-refractivity contribution is -0.295. The van der Waals surface area contributed by atoms with Gasteiger partial charge < -0.3 is 29.5 Å². The maximum Gasteiger partial charge on any atom is 0.186 e. The van der Waals surface area contributed by atoms with Gasteiger partial charge in [-0.3, -0.25) is 0 Å². The first-order chi connectivity index (χ1) is 6.61. The summed E-state index contributed by atoms with van der Waals surface area (Å²) in [5.74, 6) is 0. The highest BCUT2D eigenvalue weighted by Crippen LogP contribution is 2.21. The molecule has 1 saturated heterocycles. The molecule has 0 aromatic heterocycles. The maximum atomic E-state index is 9.48. The number of rotatable bonds is 3. The van der Waals surface area contributed by atoms with Crippen molar-refractivity contribution in [3.8, 4) is 0 Å². The van der Waals surface area contributed by atoms with E-state index in [4.69, 9.17) is 14.2 Å². The van der Waals surface area contributed by atoms with Gasteiger partial charge in [-0.05, 0) is 0 Å². The van der Waals surface area contributed by atoms with Gasteiger partial charge in [0.2, 0.25) is 0 Å². The zero-order valence-corrected chi connectivity index (χ0v) is 8.16. The number of aliphatic hydroxyl groups excluding tert-OH is 3. The fourth-order valence-corrected chi connectivity index (χ4v) is 1.41. The Morgan fingerprint density at radius 2 is 1.71 bits per heavy atom. The summed E-state index contributed by atoms with van der Waals surface area (Å²) in [6.07, 6.45) is -5.33. The van der Waals surface area contributed by atoms with Gasteiger partial charge in [0.25, 0.3) is 0 Å². The highest BCUT2D eigenvalue weighted by molar-refractivity contribution is 4.88. The number of hydrogen-bond donors (Lipinski definition) is 3. The summed E-state index contributed by atoms with van der Waals surface area (Å²) < 4.78 is 14.8. The molecule has 3 N–H and O–H groups in total. The van der Waals surface area contributed by atoms with Gasteiger partial charge in [0, 0.05) is 14.2 Å². The van der Waals surface area contributed by atoms with Gasteiger partial charge in [-0.1, -0.05) is 0 Å². The molecule has 0 bridgehead atoms. The SMILES string of the molecule is COC[C@H]1O[C@@H](OC)[C@H](O)[C@@H](O)[C@H]1O. The van der Waals surface area contributed by atoms with Gasteiger partial charge in [0.15, 0.2) is 6.29 Å². The summed E-state index contributed by atoms with van der Waals surface area (Å²) in [4.78, 5) is 0. The smallest absolute Gasteiger partial charge is 0.186 e. The van der Waals surface area contributed by atoms with E-state index in [0.717, 1.165) is 0 Å². The van der Waals surface area contributed by atoms with Crippen molar-refractivity contribution in [2.24, 2.45) is 0 Å². The first kappa shape index (κ1) is 11.8. The quantitative estimate of drug-likeness (QED) is 0.501. The van der Waals surface area contributed by atoms with Gasteiger partial charge in [0.05, 0.1) is 6.61 Å². The summed E-state index contributed by atoms with van der Waals surface area (Å²) >= 11 is 0. The average Bonchev–Trinajstić information content (AvgIpc) is 2.19. The van der Waals surface area contributed by atoms with Crippen LogP contribution in [0.1, 0.15) is 0 Å². The average molecular weight is 208 g/mol. The molecule has 0 spiro atoms. The molecule has 1 aliphatic rings. The first-order valence-electron chi connectivity index (χ1n) is 4.33. The molecule has 0 radical (unpaired) electrons. The molecule has 1 fully saturated rings. The standard InChI is InChI=1S/C8H16O6/c1-12-3-4-5(9)6(10)7(11)8(13-2)14-4/h4-11H,3H2,1-2H3/t4-,5+,6+,7-,8-/m1/s1. The molecular formula is C8H16O6. The fraction of sp³-hybridized carbons (Fsp3) is 1.00. The van der Waals surface area contributed by atoms with Crippen molar-refractivity contribution in [3.63, 3.8) is 0 Å². The predicted octanol–water partition coefficient (Wildman–Crippen LogP) is -1.91. The van der Waals surface area contributed by atoms with Crippen LogP contribution in [0.15, 0.2) is 0 Å². The summed E-state index contributed by atoms with van der Waals surface area (Å²) in [6.45, 7) is 0.130. The molecule has 0 amide bonds. The third kappa shape index (κ3) is 2.22. The highest BCUT2D eigenvalue weighted by Gasteiger charge is 2.43. The van der Waals surface area contributed by atoms with Crippen molar-refractivity contribution < 1.29 is 29.5 Å². The molecule has 6 heteroatoms. The lowest BCUT2D eigenvalue weighted by Crippen LogP contribution is -2.59. The predicted molar refractivity (Wildman–Crippen MR) is 45.6 cm³/mol. The summed E-state index contributed by atoms with van der Waals surface area (Å²) in [5, 5.41) is 28.3. The second-order valence-corrected chi connectivity index (χ2v) is 3.21. The van der Waals surface area contributed by atoms with Crippen LogP contribution in [0.25, 0.3) is 0 Å². The number of aliphatic hydroxyl groups is 3. The van der Waals surface area contributed by atoms with Crippen LogP contribution in [0, 0.1) is 0 Å². The zero-order valence-electron chi connectivity index (χ0n) is 8.16. The Kier molecular flexibility index (Phi) is 4.24. The molecule has 1 aliphatic heterocycles. The molecule has 84 valence electrons. The van der Waals surface area contributed by atoms with E-state index in [1.165, 1.54) is 14.2 Å². The van der Waals surface area contributed by atoms with E-state index in [-0.39, 0.29) is 6.61 Å². The van der Waals surface area contributed by atoms with Gasteiger partial charge in [-0.15, -0.1) is 0 Å². The largest absolute Gasteiger partial charge is 0.387 e. The third-order valence-corrected chi connectivity index (χ3v) is 2.23. The molecule has 0 saturated carbocycles. The van der Waals surface area contributed by atoms with Crippen LogP contribution in [0.5, 0.6) is 0 Å². The number of ether oxygens (including phenoxy) is 3. The molecule has 14 heavy (non-hydrogen) atoms. The third-order valence-electron chi connectivity index (χ3n) is 2.23. The summed E-state index contributed by atoms with van der Waals surface area (Å²) in [7, 11) is 2.80. The van der Waals surface area contributed by atoms with Crippen LogP contribution in [-0.2, 0) is 14.2 Å². The van der Waals surface area contributed by atoms with Gasteiger partial charge >= 0.3 is 0 Å². The summed E-state index contributed by atoms with van der Waals surface area (Å²) in [6, 6.07) is 0. The van der Waals surface area contributed by atoms with Gasteiger partial charge in [-0.25, -0.2) is 0 Å². The van der Waals surface area contributed by atoms with Gasteiger partial charge in [-0.2, -0.15) is 0 Å². The topological polar surface area (TPSA) is 88.4 Å². The molecule has 1 heterocycles. The monoisotopic (exact) mass is 208 g/mol. The Bertz CT molecular complexity index is 171. The van der Waals surface area contributed by atoms with E-state index in [2.05, 4.69) is 0 Å². The molecule has 6 nitrogen and oxygen atoms in total. The van der Waals surface area contributed by atoms with E-state index in [1.807, 2.05) is 0 Å². The van der Waals surface area contributed by atoms with Crippen LogP contribution >= 0.6 is 0 Å². The minimum absolute atomic E-state index is 0.130. The minimum atomic E-state index is -1.28. The number of methoxy groups -OCH3 is 2. The van der Waals surface area contributed by atoms with E-state index in [1.54, 1.807) is 0 Å². The van der Waals surface area contributed by atoms with Crippen molar-refractivity contribution in [3.05, 3.63) is 0 Å². The molecule has 5 atom stereocenters. The summed E-state index contributed by atoms with van der Waals surface area (Å²) in [5.41, 5.74) is 0. The Morgan fingerprint density at radius 1 is 1.07 bits per heavy atom. The first-order valence-corrected chi connectivity index (χ1v) is 4.33. The van der Waals surface area contributed by atoms with E-state index in [9.17, 15) is 15.3 Å². The Balaban J connectivity index is 2.63. The van der Waals surface area contributed by atoms with Crippen LogP contribution in [-0.4, -0.2) is 66.9 Å². The number of hydrogen-bond acceptors (Lipinski definition) is 6. The Labute approximate surface area is 82.0 Å². The molecule has 0 aromatic carbocycles.